The molecule has 1 fully saturated rings. The van der Waals surface area contributed by atoms with E-state index in [0.717, 1.165) is 5.56 Å². The molecule has 1 aliphatic heterocycles. The fourth-order valence-corrected chi connectivity index (χ4v) is 2.39. The van der Waals surface area contributed by atoms with Crippen LogP contribution in [0.2, 0.25) is 0 Å². The Morgan fingerprint density at radius 2 is 2.21 bits per heavy atom. The van der Waals surface area contributed by atoms with Crippen LogP contribution < -0.4 is 5.73 Å². The van der Waals surface area contributed by atoms with Gasteiger partial charge in [0.15, 0.2) is 6.19 Å². The zero-order chi connectivity index (χ0) is 13.9. The average molecular weight is 260 g/mol. The van der Waals surface area contributed by atoms with Gasteiger partial charge in [-0.2, -0.15) is 5.26 Å². The highest BCUT2D eigenvalue weighted by atomic mass is 16.5. The van der Waals surface area contributed by atoms with E-state index >= 15 is 0 Å². The first-order chi connectivity index (χ1) is 9.11. The number of nitrogens with two attached hydrogens (primary N) is 1. The van der Waals surface area contributed by atoms with Crippen LogP contribution in [0.3, 0.4) is 0 Å². The van der Waals surface area contributed by atoms with E-state index in [2.05, 4.69) is 11.2 Å². The lowest BCUT2D eigenvalue weighted by Gasteiger charge is -2.39. The summed E-state index contributed by atoms with van der Waals surface area (Å²) >= 11 is 0. The number of pyridine rings is 1. The maximum atomic E-state index is 11.0. The second-order valence-corrected chi connectivity index (χ2v) is 4.58. The average Bonchev–Trinajstić information content (AvgIpc) is 2.47. The molecule has 0 bridgehead atoms. The number of rotatable bonds is 3. The van der Waals surface area contributed by atoms with Gasteiger partial charge in [-0.25, -0.2) is 0 Å². The van der Waals surface area contributed by atoms with E-state index in [1.54, 1.807) is 24.3 Å². The third kappa shape index (κ3) is 2.51. The molecule has 1 aliphatic rings. The number of carbonyl (C=O) groups excluding carboxylic acids is 1. The van der Waals surface area contributed by atoms with Crippen LogP contribution in [-0.4, -0.2) is 36.0 Å². The normalized spacial score (nSPS) is 17.8. The number of piperidine rings is 1. The summed E-state index contributed by atoms with van der Waals surface area (Å²) in [5.74, 6) is -0.544. The van der Waals surface area contributed by atoms with Crippen molar-refractivity contribution in [1.29, 1.82) is 5.26 Å². The van der Waals surface area contributed by atoms with Crippen molar-refractivity contribution in [2.24, 2.45) is 5.73 Å². The van der Waals surface area contributed by atoms with Crippen LogP contribution in [0.1, 0.15) is 28.9 Å². The van der Waals surface area contributed by atoms with Crippen molar-refractivity contribution in [2.45, 2.75) is 18.4 Å². The molecule has 0 atom stereocenters. The monoisotopic (exact) mass is 260 g/mol. The van der Waals surface area contributed by atoms with E-state index in [0.29, 0.717) is 25.9 Å². The van der Waals surface area contributed by atoms with Crippen molar-refractivity contribution in [3.63, 3.8) is 0 Å². The molecule has 1 aromatic rings. The molecule has 1 saturated heterocycles. The molecule has 0 aliphatic carbocycles. The zero-order valence-electron chi connectivity index (χ0n) is 10.8. The van der Waals surface area contributed by atoms with E-state index in [4.69, 9.17) is 15.7 Å². The summed E-state index contributed by atoms with van der Waals surface area (Å²) in [6.07, 6.45) is 5.21. The van der Waals surface area contributed by atoms with Gasteiger partial charge in [0, 0.05) is 32.0 Å². The Labute approximate surface area is 111 Å². The van der Waals surface area contributed by atoms with Gasteiger partial charge in [0.1, 0.15) is 5.69 Å². The van der Waals surface area contributed by atoms with Gasteiger partial charge in [-0.1, -0.05) is 6.07 Å². The Bertz CT molecular complexity index is 498. The van der Waals surface area contributed by atoms with Crippen molar-refractivity contribution < 1.29 is 9.53 Å². The number of likely N-dealkylation sites (tertiary alicyclic amines) is 1. The van der Waals surface area contributed by atoms with Gasteiger partial charge in [-0.15, -0.1) is 0 Å². The summed E-state index contributed by atoms with van der Waals surface area (Å²) in [4.78, 5) is 16.8. The minimum atomic E-state index is -0.544. The van der Waals surface area contributed by atoms with Crippen LogP contribution in [0, 0.1) is 11.5 Å². The Hall–Kier alpha value is -2.13. The molecule has 1 aromatic heterocycles. The Balaban J connectivity index is 2.22. The Kier molecular flexibility index (Phi) is 3.67. The van der Waals surface area contributed by atoms with E-state index < -0.39 is 11.5 Å². The molecule has 6 heteroatoms. The van der Waals surface area contributed by atoms with Gasteiger partial charge < -0.3 is 15.4 Å². The number of hydrogen-bond acceptors (Lipinski definition) is 5. The number of nitriles is 1. The third-order valence-corrected chi connectivity index (χ3v) is 3.65. The number of hydrogen-bond donors (Lipinski definition) is 1. The summed E-state index contributed by atoms with van der Waals surface area (Å²) in [5, 5.41) is 8.87. The third-order valence-electron chi connectivity index (χ3n) is 3.65. The molecule has 0 spiro atoms. The second kappa shape index (κ2) is 5.24. The minimum Gasteiger partial charge on any atom is -0.373 e. The number of carbonyl (C=O) groups is 1. The predicted octanol–water partition coefficient (Wildman–Crippen LogP) is 0.599. The van der Waals surface area contributed by atoms with Gasteiger partial charge >= 0.3 is 0 Å². The summed E-state index contributed by atoms with van der Waals surface area (Å²) in [7, 11) is 1.66. The van der Waals surface area contributed by atoms with Gasteiger partial charge in [0.25, 0.3) is 5.91 Å². The maximum absolute atomic E-state index is 11.0. The van der Waals surface area contributed by atoms with Gasteiger partial charge in [0.05, 0.1) is 5.60 Å². The van der Waals surface area contributed by atoms with Crippen molar-refractivity contribution >= 4 is 5.91 Å². The molecule has 0 unspecified atom stereocenters. The highest BCUT2D eigenvalue weighted by molar-refractivity contribution is 5.90. The number of nitrogens with zero attached hydrogens (tertiary/aromatic N) is 3. The van der Waals surface area contributed by atoms with Gasteiger partial charge in [-0.3, -0.25) is 9.78 Å². The molecule has 2 N–H and O–H groups in total. The van der Waals surface area contributed by atoms with Crippen LogP contribution in [0.25, 0.3) is 0 Å². The molecular weight excluding hydrogens is 244 g/mol. The lowest BCUT2D eigenvalue weighted by Crippen LogP contribution is -2.42. The van der Waals surface area contributed by atoms with Crippen LogP contribution in [0.4, 0.5) is 0 Å². The van der Waals surface area contributed by atoms with Crippen LogP contribution in [-0.2, 0) is 10.3 Å². The molecule has 0 aromatic carbocycles. The highest BCUT2D eigenvalue weighted by Gasteiger charge is 2.36. The molecule has 0 radical (unpaired) electrons. The quantitative estimate of drug-likeness (QED) is 0.803. The zero-order valence-corrected chi connectivity index (χ0v) is 10.8. The summed E-state index contributed by atoms with van der Waals surface area (Å²) in [6, 6.07) is 3.42. The van der Waals surface area contributed by atoms with Crippen molar-refractivity contribution in [2.75, 3.05) is 20.2 Å². The van der Waals surface area contributed by atoms with Gasteiger partial charge in [-0.05, 0) is 18.9 Å². The minimum absolute atomic E-state index is 0.240. The first kappa shape index (κ1) is 13.3. The second-order valence-electron chi connectivity index (χ2n) is 4.58. The molecule has 6 nitrogen and oxygen atoms in total. The first-order valence-corrected chi connectivity index (χ1v) is 6.07. The number of amides is 1. The lowest BCUT2D eigenvalue weighted by atomic mass is 9.85. The molecule has 100 valence electrons. The van der Waals surface area contributed by atoms with Crippen LogP contribution in [0.15, 0.2) is 18.3 Å². The van der Waals surface area contributed by atoms with Crippen LogP contribution >= 0.6 is 0 Å². The van der Waals surface area contributed by atoms with Gasteiger partial charge in [0.2, 0.25) is 0 Å². The lowest BCUT2D eigenvalue weighted by molar-refractivity contribution is -0.0545. The van der Waals surface area contributed by atoms with E-state index in [1.165, 1.54) is 0 Å². The van der Waals surface area contributed by atoms with E-state index in [1.807, 2.05) is 6.07 Å². The number of aromatic nitrogens is 1. The molecular formula is C13H16N4O2. The molecule has 19 heavy (non-hydrogen) atoms. The van der Waals surface area contributed by atoms with Crippen molar-refractivity contribution in [1.82, 2.24) is 9.88 Å². The molecule has 1 amide bonds. The maximum Gasteiger partial charge on any atom is 0.267 e. The predicted molar refractivity (Wildman–Crippen MR) is 67.9 cm³/mol. The fourth-order valence-electron chi connectivity index (χ4n) is 2.39. The topological polar surface area (TPSA) is 92.2 Å². The summed E-state index contributed by atoms with van der Waals surface area (Å²) in [6.45, 7) is 1.31. The molecule has 0 saturated carbocycles. The summed E-state index contributed by atoms with van der Waals surface area (Å²) < 4.78 is 5.67. The van der Waals surface area contributed by atoms with Crippen molar-refractivity contribution in [3.05, 3.63) is 29.6 Å². The largest absolute Gasteiger partial charge is 0.373 e. The number of methoxy groups -OCH3 is 1. The standard InChI is InChI=1S/C13H16N4O2/c1-19-13(4-6-17(9-14)7-5-13)10-2-3-11(12(15)18)16-8-10/h2-3,8H,4-7H2,1H3,(H2,15,18). The molecule has 2 heterocycles. The SMILES string of the molecule is COC1(c2ccc(C(N)=O)nc2)CCN(C#N)CC1. The Morgan fingerprint density at radius 3 is 2.63 bits per heavy atom. The Morgan fingerprint density at radius 1 is 1.53 bits per heavy atom. The smallest absolute Gasteiger partial charge is 0.267 e. The number of ether oxygens (including phenoxy) is 1. The summed E-state index contributed by atoms with van der Waals surface area (Å²) in [5.41, 5.74) is 5.89. The number of primary amides is 1. The van der Waals surface area contributed by atoms with E-state index in [9.17, 15) is 4.79 Å². The van der Waals surface area contributed by atoms with E-state index in [-0.39, 0.29) is 5.69 Å². The first-order valence-electron chi connectivity index (χ1n) is 6.07. The molecule has 2 rings (SSSR count). The van der Waals surface area contributed by atoms with Crippen LogP contribution in [0.5, 0.6) is 0 Å². The van der Waals surface area contributed by atoms with Crippen molar-refractivity contribution in [3.8, 4) is 6.19 Å². The highest BCUT2D eigenvalue weighted by Crippen LogP contribution is 2.35. The fraction of sp³-hybridized carbons (Fsp3) is 0.462.